The summed E-state index contributed by atoms with van der Waals surface area (Å²) in [5.74, 6) is -0.691. The first-order chi connectivity index (χ1) is 9.97. The van der Waals surface area contributed by atoms with Crippen LogP contribution in [0.3, 0.4) is 0 Å². The van der Waals surface area contributed by atoms with Crippen LogP contribution in [0.1, 0.15) is 35.6 Å². The van der Waals surface area contributed by atoms with Crippen molar-refractivity contribution in [3.63, 3.8) is 0 Å². The van der Waals surface area contributed by atoms with Gasteiger partial charge in [0.1, 0.15) is 0 Å². The van der Waals surface area contributed by atoms with Gasteiger partial charge >= 0.3 is 0 Å². The maximum Gasteiger partial charge on any atom is 0.234 e. The molecule has 1 aliphatic rings. The van der Waals surface area contributed by atoms with Crippen LogP contribution in [-0.2, 0) is 9.59 Å². The summed E-state index contributed by atoms with van der Waals surface area (Å²) in [6, 6.07) is 5.96. The van der Waals surface area contributed by atoms with Crippen molar-refractivity contribution in [1.29, 1.82) is 0 Å². The van der Waals surface area contributed by atoms with Gasteiger partial charge in [-0.25, -0.2) is 0 Å². The number of aryl methyl sites for hydroxylation is 2. The van der Waals surface area contributed by atoms with Crippen molar-refractivity contribution < 1.29 is 9.59 Å². The maximum absolute atomic E-state index is 12.1. The topological polar surface area (TPSA) is 59.1 Å². The minimum absolute atomic E-state index is 0.191. The van der Waals surface area contributed by atoms with Crippen LogP contribution in [0.15, 0.2) is 22.7 Å². The van der Waals surface area contributed by atoms with Gasteiger partial charge in [0.2, 0.25) is 11.8 Å². The van der Waals surface area contributed by atoms with E-state index in [9.17, 15) is 9.59 Å². The lowest BCUT2D eigenvalue weighted by atomic mass is 9.85. The van der Waals surface area contributed by atoms with E-state index in [1.54, 1.807) is 0 Å². The third-order valence-electron chi connectivity index (χ3n) is 4.03. The molecule has 0 spiro atoms. The van der Waals surface area contributed by atoms with Crippen molar-refractivity contribution >= 4 is 38.6 Å². The average Bonchev–Trinajstić information content (AvgIpc) is 2.40. The number of carbonyl (C=O) groups is 2. The molecule has 108 valence electrons. The molecule has 4 nitrogen and oxygen atoms in total. The van der Waals surface area contributed by atoms with Gasteiger partial charge in [-0.05, 0) is 43.5 Å². The van der Waals surface area contributed by atoms with Gasteiger partial charge in [-0.2, -0.15) is 0 Å². The second kappa shape index (κ2) is 5.22. The Hall–Kier alpha value is -1.75. The lowest BCUT2D eigenvalue weighted by Gasteiger charge is -2.24. The van der Waals surface area contributed by atoms with Crippen LogP contribution >= 0.6 is 15.9 Å². The molecule has 21 heavy (non-hydrogen) atoms. The highest BCUT2D eigenvalue weighted by Crippen LogP contribution is 2.33. The average molecular weight is 347 g/mol. The highest BCUT2D eigenvalue weighted by Gasteiger charge is 2.31. The van der Waals surface area contributed by atoms with E-state index in [1.165, 1.54) is 0 Å². The molecule has 0 aliphatic carbocycles. The molecule has 1 fully saturated rings. The number of imide groups is 1. The van der Waals surface area contributed by atoms with Crippen LogP contribution in [0.2, 0.25) is 0 Å². The second-order valence-corrected chi connectivity index (χ2v) is 6.32. The van der Waals surface area contributed by atoms with E-state index in [1.807, 2.05) is 32.0 Å². The number of amides is 2. The van der Waals surface area contributed by atoms with E-state index >= 15 is 0 Å². The minimum Gasteiger partial charge on any atom is -0.296 e. The Balaban J connectivity index is 2.16. The van der Waals surface area contributed by atoms with Gasteiger partial charge in [0.15, 0.2) is 0 Å². The number of aromatic nitrogens is 1. The van der Waals surface area contributed by atoms with Gasteiger partial charge in [-0.1, -0.05) is 22.0 Å². The van der Waals surface area contributed by atoms with Crippen LogP contribution in [0.25, 0.3) is 10.9 Å². The molecule has 2 aromatic rings. The van der Waals surface area contributed by atoms with E-state index < -0.39 is 0 Å². The van der Waals surface area contributed by atoms with Gasteiger partial charge in [0.25, 0.3) is 0 Å². The largest absolute Gasteiger partial charge is 0.296 e. The summed E-state index contributed by atoms with van der Waals surface area (Å²) in [6.45, 7) is 3.94. The SMILES string of the molecule is Cc1nc2cc(Br)ccc2c(C)c1C1CCC(=O)NC1=O. The van der Waals surface area contributed by atoms with Crippen molar-refractivity contribution in [3.05, 3.63) is 39.5 Å². The number of carbonyl (C=O) groups excluding carboxylic acids is 2. The normalized spacial score (nSPS) is 18.9. The highest BCUT2D eigenvalue weighted by atomic mass is 79.9. The first kappa shape index (κ1) is 14.2. The molecule has 2 amide bonds. The summed E-state index contributed by atoms with van der Waals surface area (Å²) in [5, 5.41) is 3.47. The number of nitrogens with zero attached hydrogens (tertiary/aromatic N) is 1. The second-order valence-electron chi connectivity index (χ2n) is 5.40. The molecule has 0 radical (unpaired) electrons. The molecule has 3 rings (SSSR count). The molecule has 1 aromatic carbocycles. The number of hydrogen-bond donors (Lipinski definition) is 1. The Morgan fingerprint density at radius 2 is 2.05 bits per heavy atom. The number of halogens is 1. The smallest absolute Gasteiger partial charge is 0.234 e. The van der Waals surface area contributed by atoms with E-state index in [0.29, 0.717) is 12.8 Å². The molecular formula is C16H15BrN2O2. The Bertz CT molecular complexity index is 770. The van der Waals surface area contributed by atoms with Crippen LogP contribution in [0.4, 0.5) is 0 Å². The van der Waals surface area contributed by atoms with E-state index in [0.717, 1.165) is 32.2 Å². The number of pyridine rings is 1. The predicted octanol–water partition coefficient (Wildman–Crippen LogP) is 3.13. The van der Waals surface area contributed by atoms with E-state index in [4.69, 9.17) is 0 Å². The fourth-order valence-corrected chi connectivity index (χ4v) is 3.40. The molecule has 0 bridgehead atoms. The number of hydrogen-bond acceptors (Lipinski definition) is 3. The third kappa shape index (κ3) is 2.46. The monoisotopic (exact) mass is 346 g/mol. The Labute approximate surface area is 131 Å². The summed E-state index contributed by atoms with van der Waals surface area (Å²) in [4.78, 5) is 28.1. The van der Waals surface area contributed by atoms with Gasteiger partial charge in [0, 0.05) is 22.0 Å². The standard InChI is InChI=1S/C16H15BrN2O2/c1-8-11-4-3-10(17)7-13(11)18-9(2)15(8)12-5-6-14(20)19-16(12)21/h3-4,7,12H,5-6H2,1-2H3,(H,19,20,21). The first-order valence-corrected chi connectivity index (χ1v) is 7.66. The maximum atomic E-state index is 12.1. The summed E-state index contributed by atoms with van der Waals surface area (Å²) in [5.41, 5.74) is 3.79. The fraction of sp³-hybridized carbons (Fsp3) is 0.312. The number of rotatable bonds is 1. The molecule has 2 heterocycles. The van der Waals surface area contributed by atoms with Crippen molar-refractivity contribution in [2.24, 2.45) is 0 Å². The number of benzene rings is 1. The molecule has 1 saturated heterocycles. The number of fused-ring (bicyclic) bond motifs is 1. The summed E-state index contributed by atoms with van der Waals surface area (Å²) in [6.07, 6.45) is 0.934. The molecule has 1 aromatic heterocycles. The quantitative estimate of drug-likeness (QED) is 0.807. The Morgan fingerprint density at radius 3 is 2.76 bits per heavy atom. The summed E-state index contributed by atoms with van der Waals surface area (Å²) < 4.78 is 0.982. The lowest BCUT2D eigenvalue weighted by Crippen LogP contribution is -2.40. The van der Waals surface area contributed by atoms with Crippen molar-refractivity contribution in [1.82, 2.24) is 10.3 Å². The summed E-state index contributed by atoms with van der Waals surface area (Å²) >= 11 is 3.45. The van der Waals surface area contributed by atoms with Gasteiger partial charge < -0.3 is 0 Å². The lowest BCUT2D eigenvalue weighted by molar-refractivity contribution is -0.134. The van der Waals surface area contributed by atoms with E-state index in [2.05, 4.69) is 26.2 Å². The Kier molecular flexibility index (Phi) is 3.53. The van der Waals surface area contributed by atoms with Crippen LogP contribution in [0.5, 0.6) is 0 Å². The minimum atomic E-state index is -0.289. The highest BCUT2D eigenvalue weighted by molar-refractivity contribution is 9.10. The zero-order valence-electron chi connectivity index (χ0n) is 11.9. The van der Waals surface area contributed by atoms with Crippen molar-refractivity contribution in [2.75, 3.05) is 0 Å². The molecule has 0 saturated carbocycles. The van der Waals surface area contributed by atoms with Gasteiger partial charge in [-0.3, -0.25) is 19.9 Å². The van der Waals surface area contributed by atoms with Crippen LogP contribution in [-0.4, -0.2) is 16.8 Å². The molecule has 1 aliphatic heterocycles. The van der Waals surface area contributed by atoms with Gasteiger partial charge in [-0.15, -0.1) is 0 Å². The first-order valence-electron chi connectivity index (χ1n) is 6.87. The zero-order valence-corrected chi connectivity index (χ0v) is 13.5. The van der Waals surface area contributed by atoms with Crippen LogP contribution in [0, 0.1) is 13.8 Å². The van der Waals surface area contributed by atoms with Crippen molar-refractivity contribution in [2.45, 2.75) is 32.6 Å². The predicted molar refractivity (Wildman–Crippen MR) is 84.0 cm³/mol. The Morgan fingerprint density at radius 1 is 1.29 bits per heavy atom. The molecular weight excluding hydrogens is 332 g/mol. The fourth-order valence-electron chi connectivity index (χ4n) is 3.05. The zero-order chi connectivity index (χ0) is 15.1. The third-order valence-corrected chi connectivity index (χ3v) is 4.53. The number of piperidine rings is 1. The van der Waals surface area contributed by atoms with Gasteiger partial charge in [0.05, 0.1) is 11.4 Å². The molecule has 5 heteroatoms. The van der Waals surface area contributed by atoms with Crippen molar-refractivity contribution in [3.8, 4) is 0 Å². The molecule has 1 unspecified atom stereocenters. The number of nitrogens with one attached hydrogen (secondary N) is 1. The van der Waals surface area contributed by atoms with Crippen LogP contribution < -0.4 is 5.32 Å². The molecule has 1 atom stereocenters. The molecule has 1 N–H and O–H groups in total. The van der Waals surface area contributed by atoms with E-state index in [-0.39, 0.29) is 17.7 Å². The summed E-state index contributed by atoms with van der Waals surface area (Å²) in [7, 11) is 0.